The molecule has 37 heavy (non-hydrogen) atoms. The Morgan fingerprint density at radius 2 is 1.76 bits per heavy atom. The summed E-state index contributed by atoms with van der Waals surface area (Å²) in [5.41, 5.74) is 1.04. The van der Waals surface area contributed by atoms with Crippen LogP contribution in [0.4, 0.5) is 4.79 Å². The summed E-state index contributed by atoms with van der Waals surface area (Å²) in [5, 5.41) is 16.4. The number of alkyl carbamates (subject to hydrolysis) is 1. The van der Waals surface area contributed by atoms with E-state index in [9.17, 15) is 19.5 Å². The van der Waals surface area contributed by atoms with Crippen molar-refractivity contribution in [2.45, 2.75) is 71.7 Å². The summed E-state index contributed by atoms with van der Waals surface area (Å²) in [5.74, 6) is -0.988. The first-order chi connectivity index (χ1) is 17.5. The van der Waals surface area contributed by atoms with E-state index in [0.717, 1.165) is 12.0 Å². The van der Waals surface area contributed by atoms with Gasteiger partial charge in [-0.05, 0) is 45.2 Å². The Morgan fingerprint density at radius 1 is 1.08 bits per heavy atom. The van der Waals surface area contributed by atoms with Gasteiger partial charge in [-0.1, -0.05) is 61.9 Å². The Balaban J connectivity index is 2.45. The number of phenols is 1. The number of rotatable bonds is 11. The molecule has 2 atom stereocenters. The lowest BCUT2D eigenvalue weighted by Crippen LogP contribution is -2.54. The number of thiol groups is 1. The maximum absolute atomic E-state index is 13.8. The highest BCUT2D eigenvalue weighted by molar-refractivity contribution is 7.80. The Labute approximate surface area is 225 Å². The molecular formula is C28H39N3O5S. The predicted octanol–water partition coefficient (Wildman–Crippen LogP) is 4.51. The van der Waals surface area contributed by atoms with E-state index in [4.69, 9.17) is 4.74 Å². The van der Waals surface area contributed by atoms with Crippen LogP contribution in [0.2, 0.25) is 0 Å². The molecular weight excluding hydrogens is 490 g/mol. The number of carbonyl (C=O) groups excluding carboxylic acids is 3. The molecule has 0 spiro atoms. The molecule has 3 amide bonds. The van der Waals surface area contributed by atoms with Gasteiger partial charge < -0.3 is 25.4 Å². The van der Waals surface area contributed by atoms with Gasteiger partial charge in [-0.25, -0.2) is 4.79 Å². The minimum atomic E-state index is -1.12. The summed E-state index contributed by atoms with van der Waals surface area (Å²) in [6.07, 6.45) is 0.637. The van der Waals surface area contributed by atoms with Gasteiger partial charge in [0, 0.05) is 24.4 Å². The highest BCUT2D eigenvalue weighted by Crippen LogP contribution is 2.32. The van der Waals surface area contributed by atoms with Crippen LogP contribution in [-0.2, 0) is 20.9 Å². The fourth-order valence-electron chi connectivity index (χ4n) is 3.77. The Hall–Kier alpha value is -3.20. The lowest BCUT2D eigenvalue weighted by atomic mass is 9.99. The van der Waals surface area contributed by atoms with Crippen molar-refractivity contribution < 1.29 is 24.2 Å². The molecule has 0 aliphatic rings. The number of unbranched alkanes of at least 4 members (excludes halogenated alkanes) is 1. The lowest BCUT2D eigenvalue weighted by molar-refractivity contribution is -0.142. The molecule has 0 radical (unpaired) electrons. The first-order valence-corrected chi connectivity index (χ1v) is 13.1. The zero-order valence-electron chi connectivity index (χ0n) is 22.3. The van der Waals surface area contributed by atoms with Crippen molar-refractivity contribution in [3.05, 3.63) is 65.2 Å². The van der Waals surface area contributed by atoms with Gasteiger partial charge in [0.25, 0.3) is 0 Å². The van der Waals surface area contributed by atoms with E-state index < -0.39 is 35.6 Å². The zero-order chi connectivity index (χ0) is 27.6. The number of hydrogen-bond acceptors (Lipinski definition) is 6. The van der Waals surface area contributed by atoms with Crippen molar-refractivity contribution in [1.82, 2.24) is 15.5 Å². The van der Waals surface area contributed by atoms with E-state index in [1.807, 2.05) is 37.3 Å². The summed E-state index contributed by atoms with van der Waals surface area (Å²) in [6.45, 7) is 9.39. The number of aromatic hydroxyl groups is 1. The van der Waals surface area contributed by atoms with Crippen molar-refractivity contribution in [2.75, 3.05) is 12.3 Å². The molecule has 0 fully saturated rings. The van der Waals surface area contributed by atoms with Crippen LogP contribution < -0.4 is 10.6 Å². The standard InChI is InChI=1S/C28H39N3O5S/c1-6-7-16-31(26(34)22(18-37)30-27(35)36-28(3,4)5)23(21-15-11-12-19(2)24(21)32)25(33)29-17-20-13-9-8-10-14-20/h8-15,22-23,32,37H,6-7,16-18H2,1-5H3,(H,29,33)(H,30,35). The number of nitrogens with one attached hydrogen (secondary N) is 2. The molecule has 0 bridgehead atoms. The fourth-order valence-corrected chi connectivity index (χ4v) is 4.01. The molecule has 3 N–H and O–H groups in total. The van der Waals surface area contributed by atoms with Crippen molar-refractivity contribution in [3.63, 3.8) is 0 Å². The Morgan fingerprint density at radius 3 is 2.35 bits per heavy atom. The molecule has 0 aromatic heterocycles. The van der Waals surface area contributed by atoms with Crippen molar-refractivity contribution in [3.8, 4) is 5.75 Å². The van der Waals surface area contributed by atoms with Crippen LogP contribution >= 0.6 is 12.6 Å². The third-order valence-electron chi connectivity index (χ3n) is 5.64. The maximum atomic E-state index is 13.8. The van der Waals surface area contributed by atoms with Gasteiger partial charge in [-0.2, -0.15) is 12.6 Å². The van der Waals surface area contributed by atoms with Gasteiger partial charge in [0.05, 0.1) is 0 Å². The molecule has 0 heterocycles. The van der Waals surface area contributed by atoms with E-state index in [0.29, 0.717) is 17.5 Å². The highest BCUT2D eigenvalue weighted by atomic mass is 32.1. The van der Waals surface area contributed by atoms with Gasteiger partial charge in [0.2, 0.25) is 11.8 Å². The second-order valence-corrected chi connectivity index (χ2v) is 10.3. The molecule has 0 aliphatic heterocycles. The number of ether oxygens (including phenoxy) is 1. The largest absolute Gasteiger partial charge is 0.507 e. The average Bonchev–Trinajstić information content (AvgIpc) is 2.85. The monoisotopic (exact) mass is 529 g/mol. The van der Waals surface area contributed by atoms with Gasteiger partial charge >= 0.3 is 6.09 Å². The molecule has 2 unspecified atom stereocenters. The van der Waals surface area contributed by atoms with Crippen LogP contribution in [0.25, 0.3) is 0 Å². The Bertz CT molecular complexity index is 1060. The minimum absolute atomic E-state index is 0.00114. The van der Waals surface area contributed by atoms with Crippen molar-refractivity contribution >= 4 is 30.5 Å². The molecule has 2 aromatic carbocycles. The molecule has 0 aliphatic carbocycles. The minimum Gasteiger partial charge on any atom is -0.507 e. The lowest BCUT2D eigenvalue weighted by Gasteiger charge is -2.34. The molecule has 0 saturated carbocycles. The second-order valence-electron chi connectivity index (χ2n) is 9.89. The van der Waals surface area contributed by atoms with Crippen LogP contribution in [0.3, 0.4) is 0 Å². The first-order valence-electron chi connectivity index (χ1n) is 12.5. The van der Waals surface area contributed by atoms with Crippen LogP contribution in [0.15, 0.2) is 48.5 Å². The van der Waals surface area contributed by atoms with E-state index >= 15 is 0 Å². The molecule has 0 saturated heterocycles. The summed E-state index contributed by atoms with van der Waals surface area (Å²) >= 11 is 4.29. The SMILES string of the molecule is CCCCN(C(=O)C(CS)NC(=O)OC(C)(C)C)C(C(=O)NCc1ccccc1)c1cccc(C)c1O. The van der Waals surface area contributed by atoms with Crippen LogP contribution in [0, 0.1) is 6.92 Å². The molecule has 2 rings (SSSR count). The van der Waals surface area contributed by atoms with Crippen molar-refractivity contribution in [1.29, 1.82) is 0 Å². The molecule has 9 heteroatoms. The number of benzene rings is 2. The fraction of sp³-hybridized carbons (Fsp3) is 0.464. The number of aryl methyl sites for hydroxylation is 1. The van der Waals surface area contributed by atoms with Crippen LogP contribution in [0.5, 0.6) is 5.75 Å². The van der Waals surface area contributed by atoms with Gasteiger partial charge in [-0.3, -0.25) is 9.59 Å². The van der Waals surface area contributed by atoms with E-state index in [1.165, 1.54) is 4.90 Å². The Kier molecular flexibility index (Phi) is 11.3. The van der Waals surface area contributed by atoms with Crippen LogP contribution in [-0.4, -0.2) is 51.9 Å². The quantitative estimate of drug-likeness (QED) is 0.321. The van der Waals surface area contributed by atoms with Gasteiger partial charge in [0.1, 0.15) is 23.4 Å². The summed E-state index contributed by atoms with van der Waals surface area (Å²) in [7, 11) is 0. The topological polar surface area (TPSA) is 108 Å². The van der Waals surface area contributed by atoms with E-state index in [2.05, 4.69) is 23.3 Å². The number of phenolic OH excluding ortho intramolecular Hbond substituents is 1. The highest BCUT2D eigenvalue weighted by Gasteiger charge is 2.37. The smallest absolute Gasteiger partial charge is 0.408 e. The number of nitrogens with zero attached hydrogens (tertiary/aromatic N) is 1. The molecule has 2 aromatic rings. The normalized spacial score (nSPS) is 12.8. The molecule has 8 nitrogen and oxygen atoms in total. The summed E-state index contributed by atoms with van der Waals surface area (Å²) in [4.78, 5) is 41.3. The average molecular weight is 530 g/mol. The van der Waals surface area contributed by atoms with E-state index in [1.54, 1.807) is 45.9 Å². The van der Waals surface area contributed by atoms with Gasteiger partial charge in [-0.15, -0.1) is 0 Å². The number of carbonyl (C=O) groups is 3. The predicted molar refractivity (Wildman–Crippen MR) is 148 cm³/mol. The third-order valence-corrected chi connectivity index (χ3v) is 6.01. The van der Waals surface area contributed by atoms with Gasteiger partial charge in [0.15, 0.2) is 0 Å². The number of para-hydroxylation sites is 1. The van der Waals surface area contributed by atoms with Crippen molar-refractivity contribution in [2.24, 2.45) is 0 Å². The zero-order valence-corrected chi connectivity index (χ0v) is 23.2. The second kappa shape index (κ2) is 13.9. The summed E-state index contributed by atoms with van der Waals surface area (Å²) in [6, 6.07) is 12.4. The maximum Gasteiger partial charge on any atom is 0.408 e. The molecule has 202 valence electrons. The first kappa shape index (κ1) is 30.0. The van der Waals surface area contributed by atoms with E-state index in [-0.39, 0.29) is 24.6 Å². The number of amides is 3. The summed E-state index contributed by atoms with van der Waals surface area (Å²) < 4.78 is 5.32. The third kappa shape index (κ3) is 9.00. The number of hydrogen-bond donors (Lipinski definition) is 4. The van der Waals surface area contributed by atoms with Crippen LogP contribution in [0.1, 0.15) is 63.3 Å².